The summed E-state index contributed by atoms with van der Waals surface area (Å²) in [7, 11) is 0. The molecular weight excluding hydrogens is 412 g/mol. The van der Waals surface area contributed by atoms with Gasteiger partial charge < -0.3 is 0 Å². The quantitative estimate of drug-likeness (QED) is 0.535. The summed E-state index contributed by atoms with van der Waals surface area (Å²) in [5.41, 5.74) is 4.34. The number of imide groups is 1. The third-order valence-corrected chi connectivity index (χ3v) is 7.31. The van der Waals surface area contributed by atoms with E-state index in [1.807, 2.05) is 37.3 Å². The fraction of sp³-hybridized carbons (Fsp3) is 0.464. The van der Waals surface area contributed by atoms with E-state index >= 15 is 0 Å². The molecule has 1 saturated carbocycles. The molecule has 0 N–H and O–H groups in total. The highest BCUT2D eigenvalue weighted by molar-refractivity contribution is 6.18. The average molecular weight is 447 g/mol. The van der Waals surface area contributed by atoms with Gasteiger partial charge in [-0.25, -0.2) is 4.79 Å². The monoisotopic (exact) mass is 446 g/mol. The molecule has 2 fully saturated rings. The van der Waals surface area contributed by atoms with Crippen molar-refractivity contribution in [2.24, 2.45) is 0 Å². The molecule has 5 heteroatoms. The third kappa shape index (κ3) is 4.21. The van der Waals surface area contributed by atoms with Gasteiger partial charge in [0.15, 0.2) is 5.78 Å². The molecular formula is C28H34N2O3. The van der Waals surface area contributed by atoms with E-state index in [-0.39, 0.29) is 30.7 Å². The second kappa shape index (κ2) is 9.50. The molecule has 4 rings (SSSR count). The first kappa shape index (κ1) is 23.2. The second-order valence-electron chi connectivity index (χ2n) is 9.41. The largest absolute Gasteiger partial charge is 0.332 e. The molecule has 0 bridgehead atoms. The minimum atomic E-state index is -0.860. The lowest BCUT2D eigenvalue weighted by Crippen LogP contribution is -2.51. The first-order valence-electron chi connectivity index (χ1n) is 12.3. The highest BCUT2D eigenvalue weighted by Gasteiger charge is 2.58. The van der Waals surface area contributed by atoms with Crippen molar-refractivity contribution in [2.45, 2.75) is 77.7 Å². The number of urea groups is 1. The number of nitrogens with zero attached hydrogens (tertiary/aromatic N) is 2. The molecule has 1 heterocycles. The van der Waals surface area contributed by atoms with Gasteiger partial charge in [0.05, 0.1) is 6.54 Å². The van der Waals surface area contributed by atoms with Gasteiger partial charge in [-0.1, -0.05) is 69.0 Å². The Hall–Kier alpha value is -2.95. The van der Waals surface area contributed by atoms with Crippen molar-refractivity contribution in [3.8, 4) is 0 Å². The molecule has 33 heavy (non-hydrogen) atoms. The number of amides is 3. The number of benzene rings is 2. The lowest BCUT2D eigenvalue weighted by molar-refractivity contribution is -0.134. The smallest absolute Gasteiger partial charge is 0.297 e. The topological polar surface area (TPSA) is 57.7 Å². The number of carbonyl (C=O) groups excluding carboxylic acids is 3. The van der Waals surface area contributed by atoms with E-state index in [2.05, 4.69) is 26.0 Å². The number of Topliss-reactive ketones (excluding diaryl/α,β-unsaturated/α-hetero) is 1. The first-order valence-corrected chi connectivity index (χ1v) is 12.3. The van der Waals surface area contributed by atoms with E-state index in [9.17, 15) is 14.4 Å². The van der Waals surface area contributed by atoms with Gasteiger partial charge in [-0.05, 0) is 61.4 Å². The van der Waals surface area contributed by atoms with Crippen LogP contribution in [0.2, 0.25) is 0 Å². The predicted octanol–water partition coefficient (Wildman–Crippen LogP) is 5.40. The molecule has 2 aromatic rings. The summed E-state index contributed by atoms with van der Waals surface area (Å²) in [4.78, 5) is 43.4. The Morgan fingerprint density at radius 2 is 1.52 bits per heavy atom. The van der Waals surface area contributed by atoms with Crippen LogP contribution in [0.3, 0.4) is 0 Å². The summed E-state index contributed by atoms with van der Waals surface area (Å²) in [6.45, 7) is 6.01. The SMILES string of the molecule is CCc1cccc(CC)c1CC(=O)CN1C(=O)N(c2ccc(C)cc2)C2(CCCCC2)C1=O. The van der Waals surface area contributed by atoms with Crippen LogP contribution in [0, 0.1) is 6.92 Å². The number of carbonyl (C=O) groups is 3. The van der Waals surface area contributed by atoms with Crippen LogP contribution in [-0.4, -0.2) is 34.7 Å². The van der Waals surface area contributed by atoms with Gasteiger partial charge >= 0.3 is 6.03 Å². The normalized spacial score (nSPS) is 17.8. The van der Waals surface area contributed by atoms with Crippen LogP contribution < -0.4 is 4.90 Å². The fourth-order valence-corrected chi connectivity index (χ4v) is 5.51. The summed E-state index contributed by atoms with van der Waals surface area (Å²) in [6.07, 6.45) is 6.13. The molecule has 5 nitrogen and oxygen atoms in total. The van der Waals surface area contributed by atoms with Gasteiger partial charge in [0.2, 0.25) is 0 Å². The van der Waals surface area contributed by atoms with E-state index in [4.69, 9.17) is 0 Å². The summed E-state index contributed by atoms with van der Waals surface area (Å²) >= 11 is 0. The zero-order chi connectivity index (χ0) is 23.6. The van der Waals surface area contributed by atoms with Crippen LogP contribution in [0.4, 0.5) is 10.5 Å². The van der Waals surface area contributed by atoms with E-state index < -0.39 is 5.54 Å². The van der Waals surface area contributed by atoms with Crippen molar-refractivity contribution in [3.63, 3.8) is 0 Å². The van der Waals surface area contributed by atoms with E-state index in [1.165, 1.54) is 4.90 Å². The maximum atomic E-state index is 13.7. The van der Waals surface area contributed by atoms with Gasteiger partial charge in [-0.15, -0.1) is 0 Å². The van der Waals surface area contributed by atoms with Crippen molar-refractivity contribution in [1.82, 2.24) is 4.90 Å². The Labute approximate surface area is 196 Å². The summed E-state index contributed by atoms with van der Waals surface area (Å²) in [5.74, 6) is -0.301. The summed E-state index contributed by atoms with van der Waals surface area (Å²) in [5, 5.41) is 0. The van der Waals surface area contributed by atoms with Crippen LogP contribution in [0.15, 0.2) is 42.5 Å². The molecule has 1 aliphatic heterocycles. The van der Waals surface area contributed by atoms with Gasteiger partial charge in [0, 0.05) is 12.1 Å². The van der Waals surface area contributed by atoms with Crippen molar-refractivity contribution < 1.29 is 14.4 Å². The lowest BCUT2D eigenvalue weighted by Gasteiger charge is -2.38. The van der Waals surface area contributed by atoms with E-state index in [0.29, 0.717) is 12.8 Å². The van der Waals surface area contributed by atoms with Crippen molar-refractivity contribution >= 4 is 23.4 Å². The van der Waals surface area contributed by atoms with Gasteiger partial charge in [0.25, 0.3) is 5.91 Å². The molecule has 1 aliphatic carbocycles. The van der Waals surface area contributed by atoms with Crippen LogP contribution in [0.1, 0.15) is 68.2 Å². The molecule has 0 unspecified atom stereocenters. The Balaban J connectivity index is 1.62. The molecule has 1 spiro atoms. The zero-order valence-corrected chi connectivity index (χ0v) is 20.0. The number of aryl methyl sites for hydroxylation is 3. The van der Waals surface area contributed by atoms with Crippen LogP contribution in [-0.2, 0) is 28.9 Å². The van der Waals surface area contributed by atoms with E-state index in [0.717, 1.165) is 60.0 Å². The Bertz CT molecular complexity index is 1030. The summed E-state index contributed by atoms with van der Waals surface area (Å²) in [6, 6.07) is 13.5. The van der Waals surface area contributed by atoms with Gasteiger partial charge in [0.1, 0.15) is 5.54 Å². The summed E-state index contributed by atoms with van der Waals surface area (Å²) < 4.78 is 0. The van der Waals surface area contributed by atoms with Crippen molar-refractivity contribution in [3.05, 3.63) is 64.7 Å². The second-order valence-corrected chi connectivity index (χ2v) is 9.41. The van der Waals surface area contributed by atoms with Crippen LogP contribution in [0.5, 0.6) is 0 Å². The maximum Gasteiger partial charge on any atom is 0.332 e. The highest BCUT2D eigenvalue weighted by atomic mass is 16.2. The molecule has 2 aliphatic rings. The Morgan fingerprint density at radius 1 is 0.909 bits per heavy atom. The molecule has 0 aromatic heterocycles. The number of anilines is 1. The fourth-order valence-electron chi connectivity index (χ4n) is 5.51. The Morgan fingerprint density at radius 3 is 2.09 bits per heavy atom. The molecule has 174 valence electrons. The molecule has 1 saturated heterocycles. The number of rotatable bonds is 7. The molecule has 3 amide bonds. The standard InChI is InChI=1S/C28H34N2O3/c1-4-21-10-9-11-22(5-2)25(21)18-24(31)19-29-26(32)28(16-7-6-8-17-28)30(27(29)33)23-14-12-20(3)13-15-23/h9-15H,4-8,16-19H2,1-3H3. The van der Waals surface area contributed by atoms with Gasteiger partial charge in [-0.3, -0.25) is 19.4 Å². The van der Waals surface area contributed by atoms with Crippen LogP contribution in [0.25, 0.3) is 0 Å². The lowest BCUT2D eigenvalue weighted by atomic mass is 9.80. The molecule has 2 aromatic carbocycles. The van der Waals surface area contributed by atoms with Gasteiger partial charge in [-0.2, -0.15) is 0 Å². The molecule has 0 radical (unpaired) electrons. The maximum absolute atomic E-state index is 13.7. The van der Waals surface area contributed by atoms with Crippen LogP contribution >= 0.6 is 0 Å². The van der Waals surface area contributed by atoms with Crippen molar-refractivity contribution in [1.29, 1.82) is 0 Å². The number of hydrogen-bond donors (Lipinski definition) is 0. The Kier molecular flexibility index (Phi) is 6.68. The van der Waals surface area contributed by atoms with E-state index in [1.54, 1.807) is 4.90 Å². The number of ketones is 1. The number of hydrogen-bond acceptors (Lipinski definition) is 3. The molecule has 0 atom stereocenters. The zero-order valence-electron chi connectivity index (χ0n) is 20.0. The van der Waals surface area contributed by atoms with Crippen molar-refractivity contribution in [2.75, 3.05) is 11.4 Å². The third-order valence-electron chi connectivity index (χ3n) is 7.31. The highest BCUT2D eigenvalue weighted by Crippen LogP contribution is 2.43. The first-order chi connectivity index (χ1) is 15.9. The minimum absolute atomic E-state index is 0.0935. The minimum Gasteiger partial charge on any atom is -0.297 e. The average Bonchev–Trinajstić information content (AvgIpc) is 3.01. The predicted molar refractivity (Wildman–Crippen MR) is 130 cm³/mol.